The molecule has 0 radical (unpaired) electrons. The molecule has 16 heavy (non-hydrogen) atoms. The summed E-state index contributed by atoms with van der Waals surface area (Å²) in [6.45, 7) is 6.29. The molecule has 0 bridgehead atoms. The molecule has 1 atom stereocenters. The molecule has 2 N–H and O–H groups in total. The first-order valence-electron chi connectivity index (χ1n) is 6.94. The van der Waals surface area contributed by atoms with E-state index in [2.05, 4.69) is 10.2 Å². The van der Waals surface area contributed by atoms with Crippen LogP contribution in [0, 0.1) is 11.8 Å². The zero-order valence-corrected chi connectivity index (χ0v) is 10.3. The molecular formula is C13H26N2O. The first-order chi connectivity index (χ1) is 7.90. The summed E-state index contributed by atoms with van der Waals surface area (Å²) in [5, 5.41) is 13.0. The van der Waals surface area contributed by atoms with Crippen molar-refractivity contribution in [1.29, 1.82) is 0 Å². The van der Waals surface area contributed by atoms with Crippen LogP contribution in [0.2, 0.25) is 0 Å². The summed E-state index contributed by atoms with van der Waals surface area (Å²) in [5.41, 5.74) is 0. The first-order valence-corrected chi connectivity index (χ1v) is 6.94. The fourth-order valence-electron chi connectivity index (χ4n) is 3.15. The van der Waals surface area contributed by atoms with Crippen LogP contribution in [0.3, 0.4) is 0 Å². The molecule has 2 fully saturated rings. The summed E-state index contributed by atoms with van der Waals surface area (Å²) in [6, 6.07) is 0. The number of likely N-dealkylation sites (tertiary alicyclic amines) is 1. The summed E-state index contributed by atoms with van der Waals surface area (Å²) >= 11 is 0. The van der Waals surface area contributed by atoms with E-state index in [0.29, 0.717) is 12.5 Å². The van der Waals surface area contributed by atoms with Gasteiger partial charge in [0.2, 0.25) is 0 Å². The molecule has 0 amide bonds. The highest BCUT2D eigenvalue weighted by Crippen LogP contribution is 2.23. The van der Waals surface area contributed by atoms with Crippen molar-refractivity contribution in [3.8, 4) is 0 Å². The Hall–Kier alpha value is -0.120. The SMILES string of the molecule is OCC(CN1CCCCC1)C1CCNCC1. The molecular weight excluding hydrogens is 200 g/mol. The number of hydrogen-bond acceptors (Lipinski definition) is 3. The Morgan fingerprint density at radius 1 is 1.12 bits per heavy atom. The maximum Gasteiger partial charge on any atom is 0.0474 e. The van der Waals surface area contributed by atoms with Gasteiger partial charge in [-0.25, -0.2) is 0 Å². The van der Waals surface area contributed by atoms with Gasteiger partial charge in [0, 0.05) is 13.2 Å². The van der Waals surface area contributed by atoms with Crippen molar-refractivity contribution in [1.82, 2.24) is 10.2 Å². The van der Waals surface area contributed by atoms with E-state index in [1.807, 2.05) is 0 Å². The van der Waals surface area contributed by atoms with Gasteiger partial charge in [0.15, 0.2) is 0 Å². The van der Waals surface area contributed by atoms with Crippen LogP contribution in [0.1, 0.15) is 32.1 Å². The van der Waals surface area contributed by atoms with Crippen LogP contribution >= 0.6 is 0 Å². The van der Waals surface area contributed by atoms with Crippen molar-refractivity contribution < 1.29 is 5.11 Å². The van der Waals surface area contributed by atoms with Gasteiger partial charge in [-0.15, -0.1) is 0 Å². The standard InChI is InChI=1S/C13H26N2O/c16-11-13(12-4-6-14-7-5-12)10-15-8-2-1-3-9-15/h12-14,16H,1-11H2. The topological polar surface area (TPSA) is 35.5 Å². The van der Waals surface area contributed by atoms with E-state index in [-0.39, 0.29) is 0 Å². The molecule has 2 aliphatic rings. The van der Waals surface area contributed by atoms with Crippen LogP contribution in [0.25, 0.3) is 0 Å². The second kappa shape index (κ2) is 6.58. The van der Waals surface area contributed by atoms with Gasteiger partial charge in [-0.1, -0.05) is 6.42 Å². The van der Waals surface area contributed by atoms with Gasteiger partial charge in [-0.3, -0.25) is 0 Å². The molecule has 2 heterocycles. The molecule has 94 valence electrons. The predicted octanol–water partition coefficient (Wildman–Crippen LogP) is 1.08. The second-order valence-corrected chi connectivity index (χ2v) is 5.39. The lowest BCUT2D eigenvalue weighted by Gasteiger charge is -2.35. The Morgan fingerprint density at radius 3 is 2.44 bits per heavy atom. The molecule has 3 heteroatoms. The number of nitrogens with one attached hydrogen (secondary N) is 1. The van der Waals surface area contributed by atoms with E-state index in [4.69, 9.17) is 0 Å². The van der Waals surface area contributed by atoms with Gasteiger partial charge in [-0.2, -0.15) is 0 Å². The van der Waals surface area contributed by atoms with Crippen LogP contribution in [0.5, 0.6) is 0 Å². The molecule has 0 saturated carbocycles. The average molecular weight is 226 g/mol. The average Bonchev–Trinajstić information content (AvgIpc) is 2.38. The maximum atomic E-state index is 9.56. The molecule has 2 rings (SSSR count). The number of rotatable bonds is 4. The minimum Gasteiger partial charge on any atom is -0.396 e. The van der Waals surface area contributed by atoms with Gasteiger partial charge < -0.3 is 15.3 Å². The monoisotopic (exact) mass is 226 g/mol. The predicted molar refractivity (Wildman–Crippen MR) is 66.5 cm³/mol. The molecule has 2 aliphatic heterocycles. The molecule has 0 aliphatic carbocycles. The van der Waals surface area contributed by atoms with Crippen LogP contribution < -0.4 is 5.32 Å². The third kappa shape index (κ3) is 3.44. The lowest BCUT2D eigenvalue weighted by Crippen LogP contribution is -2.41. The number of nitrogens with zero attached hydrogens (tertiary/aromatic N) is 1. The highest BCUT2D eigenvalue weighted by Gasteiger charge is 2.25. The number of aliphatic hydroxyl groups is 1. The summed E-state index contributed by atoms with van der Waals surface area (Å²) in [5.74, 6) is 1.26. The molecule has 1 unspecified atom stereocenters. The quantitative estimate of drug-likeness (QED) is 0.753. The minimum atomic E-state index is 0.376. The zero-order chi connectivity index (χ0) is 11.2. The summed E-state index contributed by atoms with van der Waals surface area (Å²) in [6.07, 6.45) is 6.60. The number of aliphatic hydroxyl groups excluding tert-OH is 1. The molecule has 0 spiro atoms. The fourth-order valence-corrected chi connectivity index (χ4v) is 3.15. The van der Waals surface area contributed by atoms with Crippen molar-refractivity contribution in [2.45, 2.75) is 32.1 Å². The Balaban J connectivity index is 1.78. The second-order valence-electron chi connectivity index (χ2n) is 5.39. The normalized spacial score (nSPS) is 26.8. The molecule has 2 saturated heterocycles. The van der Waals surface area contributed by atoms with Crippen molar-refractivity contribution in [2.24, 2.45) is 11.8 Å². The van der Waals surface area contributed by atoms with Crippen LogP contribution in [-0.4, -0.2) is 49.3 Å². The summed E-state index contributed by atoms with van der Waals surface area (Å²) in [4.78, 5) is 2.56. The van der Waals surface area contributed by atoms with E-state index in [0.717, 1.165) is 25.6 Å². The highest BCUT2D eigenvalue weighted by atomic mass is 16.3. The van der Waals surface area contributed by atoms with Crippen LogP contribution in [0.15, 0.2) is 0 Å². The van der Waals surface area contributed by atoms with Crippen molar-refractivity contribution >= 4 is 0 Å². The van der Waals surface area contributed by atoms with Gasteiger partial charge in [0.1, 0.15) is 0 Å². The Bertz CT molecular complexity index is 186. The number of hydrogen-bond donors (Lipinski definition) is 2. The van der Waals surface area contributed by atoms with E-state index in [9.17, 15) is 5.11 Å². The van der Waals surface area contributed by atoms with Gasteiger partial charge in [-0.05, 0) is 63.7 Å². The van der Waals surface area contributed by atoms with Crippen molar-refractivity contribution in [3.05, 3.63) is 0 Å². The minimum absolute atomic E-state index is 0.376. The highest BCUT2D eigenvalue weighted by molar-refractivity contribution is 4.79. The summed E-state index contributed by atoms with van der Waals surface area (Å²) < 4.78 is 0. The lowest BCUT2D eigenvalue weighted by molar-refractivity contribution is 0.0967. The largest absolute Gasteiger partial charge is 0.396 e. The van der Waals surface area contributed by atoms with Crippen molar-refractivity contribution in [2.75, 3.05) is 39.3 Å². The fraction of sp³-hybridized carbons (Fsp3) is 1.00. The molecule has 3 nitrogen and oxygen atoms in total. The lowest BCUT2D eigenvalue weighted by atomic mass is 9.84. The van der Waals surface area contributed by atoms with E-state index in [1.54, 1.807) is 0 Å². The first kappa shape index (κ1) is 12.3. The van der Waals surface area contributed by atoms with Gasteiger partial charge in [0.05, 0.1) is 0 Å². The van der Waals surface area contributed by atoms with Crippen LogP contribution in [-0.2, 0) is 0 Å². The van der Waals surface area contributed by atoms with Gasteiger partial charge >= 0.3 is 0 Å². The Kier molecular flexibility index (Phi) is 5.07. The maximum absolute atomic E-state index is 9.56. The molecule has 0 aromatic heterocycles. The van der Waals surface area contributed by atoms with Gasteiger partial charge in [0.25, 0.3) is 0 Å². The Labute approximate surface area is 99.2 Å². The third-order valence-electron chi connectivity index (χ3n) is 4.23. The van der Waals surface area contributed by atoms with Crippen molar-refractivity contribution in [3.63, 3.8) is 0 Å². The summed E-state index contributed by atoms with van der Waals surface area (Å²) in [7, 11) is 0. The van der Waals surface area contributed by atoms with E-state index < -0.39 is 0 Å². The molecule has 0 aromatic rings. The Morgan fingerprint density at radius 2 is 1.81 bits per heavy atom. The third-order valence-corrected chi connectivity index (χ3v) is 4.23. The number of piperidine rings is 2. The van der Waals surface area contributed by atoms with E-state index in [1.165, 1.54) is 45.2 Å². The van der Waals surface area contributed by atoms with E-state index >= 15 is 0 Å². The molecule has 0 aromatic carbocycles. The van der Waals surface area contributed by atoms with Crippen LogP contribution in [0.4, 0.5) is 0 Å². The zero-order valence-electron chi connectivity index (χ0n) is 10.3. The smallest absolute Gasteiger partial charge is 0.0474 e.